The van der Waals surface area contributed by atoms with Crippen LogP contribution in [0.3, 0.4) is 0 Å². The molecule has 2 aromatic rings. The van der Waals surface area contributed by atoms with Gasteiger partial charge < -0.3 is 15.9 Å². The number of aromatic hydroxyl groups is 1. The van der Waals surface area contributed by atoms with Gasteiger partial charge in [0, 0.05) is 5.02 Å². The van der Waals surface area contributed by atoms with E-state index in [0.717, 1.165) is 10.9 Å². The summed E-state index contributed by atoms with van der Waals surface area (Å²) in [5.74, 6) is -1.36. The molecule has 0 radical (unpaired) electrons. The number of nitrogens with two attached hydrogens (primary N) is 1. The van der Waals surface area contributed by atoms with Gasteiger partial charge in [0.1, 0.15) is 22.8 Å². The molecule has 1 heterocycles. The second-order valence-electron chi connectivity index (χ2n) is 3.29. The average molecular weight is 254 g/mol. The Labute approximate surface area is 101 Å². The number of aromatic carboxylic acids is 1. The summed E-state index contributed by atoms with van der Waals surface area (Å²) in [7, 11) is 0. The summed E-state index contributed by atoms with van der Waals surface area (Å²) in [6.45, 7) is 0. The van der Waals surface area contributed by atoms with Crippen molar-refractivity contribution in [3.05, 3.63) is 35.0 Å². The number of carboxylic acids is 1. The molecule has 1 aromatic carbocycles. The normalized spacial score (nSPS) is 10.4. The first kappa shape index (κ1) is 11.3. The van der Waals surface area contributed by atoms with E-state index in [1.807, 2.05) is 0 Å². The summed E-state index contributed by atoms with van der Waals surface area (Å²) in [4.78, 5) is 10.8. The van der Waals surface area contributed by atoms with Crippen LogP contribution in [-0.4, -0.2) is 26.0 Å². The topological polar surface area (TPSA) is 101 Å². The number of carboxylic acid groups (broad SMARTS) is 1. The van der Waals surface area contributed by atoms with Crippen LogP contribution in [-0.2, 0) is 0 Å². The minimum Gasteiger partial charge on any atom is -0.506 e. The van der Waals surface area contributed by atoms with Crippen LogP contribution in [0.15, 0.2) is 24.4 Å². The van der Waals surface area contributed by atoms with E-state index in [0.29, 0.717) is 5.02 Å². The van der Waals surface area contributed by atoms with Crippen molar-refractivity contribution in [2.45, 2.75) is 0 Å². The van der Waals surface area contributed by atoms with Gasteiger partial charge in [-0.2, -0.15) is 5.10 Å². The summed E-state index contributed by atoms with van der Waals surface area (Å²) < 4.78 is 1.12. The summed E-state index contributed by atoms with van der Waals surface area (Å²) >= 11 is 5.78. The molecule has 17 heavy (non-hydrogen) atoms. The molecular formula is C10H8ClN3O3. The Morgan fingerprint density at radius 2 is 2.18 bits per heavy atom. The third-order valence-electron chi connectivity index (χ3n) is 2.20. The number of nitrogens with zero attached hydrogens (tertiary/aromatic N) is 2. The molecule has 6 nitrogen and oxygen atoms in total. The number of nitrogen functional groups attached to an aromatic ring is 1. The van der Waals surface area contributed by atoms with Crippen molar-refractivity contribution in [1.82, 2.24) is 9.78 Å². The number of halogens is 1. The van der Waals surface area contributed by atoms with Gasteiger partial charge in [0.2, 0.25) is 0 Å². The molecule has 0 unspecified atom stereocenters. The highest BCUT2D eigenvalue weighted by Crippen LogP contribution is 2.27. The second kappa shape index (κ2) is 3.99. The summed E-state index contributed by atoms with van der Waals surface area (Å²) in [5, 5.41) is 22.6. The number of rotatable bonds is 2. The van der Waals surface area contributed by atoms with Gasteiger partial charge in [-0.25, -0.2) is 9.48 Å². The fourth-order valence-electron chi connectivity index (χ4n) is 1.38. The SMILES string of the molecule is Nc1c(C(=O)O)cnn1-c1cc(Cl)ccc1O. The molecule has 1 aromatic heterocycles. The van der Waals surface area contributed by atoms with Crippen molar-refractivity contribution in [3.8, 4) is 11.4 Å². The molecule has 0 spiro atoms. The predicted octanol–water partition coefficient (Wildman–Crippen LogP) is 1.51. The molecule has 0 saturated heterocycles. The minimum atomic E-state index is -1.18. The number of anilines is 1. The highest BCUT2D eigenvalue weighted by Gasteiger charge is 2.16. The summed E-state index contributed by atoms with van der Waals surface area (Å²) in [5.41, 5.74) is 5.71. The van der Waals surface area contributed by atoms with Crippen LogP contribution in [0.4, 0.5) is 5.82 Å². The van der Waals surface area contributed by atoms with Gasteiger partial charge in [-0.15, -0.1) is 0 Å². The number of hydrogen-bond donors (Lipinski definition) is 3. The number of benzene rings is 1. The van der Waals surface area contributed by atoms with Crippen LogP contribution in [0, 0.1) is 0 Å². The molecule has 0 atom stereocenters. The molecule has 0 fully saturated rings. The van der Waals surface area contributed by atoms with E-state index in [4.69, 9.17) is 22.4 Å². The summed E-state index contributed by atoms with van der Waals surface area (Å²) in [6.07, 6.45) is 1.11. The van der Waals surface area contributed by atoms with E-state index >= 15 is 0 Å². The zero-order valence-corrected chi connectivity index (χ0v) is 9.22. The number of hydrogen-bond acceptors (Lipinski definition) is 4. The molecule has 0 aliphatic carbocycles. The fourth-order valence-corrected chi connectivity index (χ4v) is 1.55. The Kier molecular flexibility index (Phi) is 2.64. The highest BCUT2D eigenvalue weighted by atomic mass is 35.5. The van der Waals surface area contributed by atoms with Crippen LogP contribution >= 0.6 is 11.6 Å². The van der Waals surface area contributed by atoms with Crippen molar-refractivity contribution in [1.29, 1.82) is 0 Å². The van der Waals surface area contributed by atoms with Crippen molar-refractivity contribution < 1.29 is 15.0 Å². The van der Waals surface area contributed by atoms with E-state index in [1.165, 1.54) is 18.2 Å². The van der Waals surface area contributed by atoms with Crippen LogP contribution in [0.5, 0.6) is 5.75 Å². The standard InChI is InChI=1S/C10H8ClN3O3/c11-5-1-2-8(15)7(3-5)14-9(12)6(4-13-14)10(16)17/h1-4,15H,12H2,(H,16,17). The van der Waals surface area contributed by atoms with Crippen molar-refractivity contribution in [2.24, 2.45) is 0 Å². The fraction of sp³-hybridized carbons (Fsp3) is 0. The second-order valence-corrected chi connectivity index (χ2v) is 3.73. The number of aromatic nitrogens is 2. The monoisotopic (exact) mass is 253 g/mol. The Bertz CT molecular complexity index is 594. The van der Waals surface area contributed by atoms with Gasteiger partial charge in [0.25, 0.3) is 0 Å². The maximum Gasteiger partial charge on any atom is 0.341 e. The zero-order chi connectivity index (χ0) is 12.6. The maximum absolute atomic E-state index is 10.8. The molecule has 0 aliphatic rings. The van der Waals surface area contributed by atoms with Crippen molar-refractivity contribution in [2.75, 3.05) is 5.73 Å². The number of phenols is 1. The van der Waals surface area contributed by atoms with Gasteiger partial charge in [-0.1, -0.05) is 11.6 Å². The molecule has 2 rings (SSSR count). The van der Waals surface area contributed by atoms with E-state index in [9.17, 15) is 9.90 Å². The Morgan fingerprint density at radius 3 is 2.76 bits per heavy atom. The van der Waals surface area contributed by atoms with E-state index < -0.39 is 5.97 Å². The number of carbonyl (C=O) groups is 1. The molecule has 4 N–H and O–H groups in total. The van der Waals surface area contributed by atoms with Gasteiger partial charge in [-0.3, -0.25) is 0 Å². The third-order valence-corrected chi connectivity index (χ3v) is 2.44. The largest absolute Gasteiger partial charge is 0.506 e. The van der Waals surface area contributed by atoms with Crippen LogP contribution < -0.4 is 5.73 Å². The lowest BCUT2D eigenvalue weighted by Gasteiger charge is -2.07. The van der Waals surface area contributed by atoms with Crippen LogP contribution in [0.1, 0.15) is 10.4 Å². The van der Waals surface area contributed by atoms with E-state index in [2.05, 4.69) is 5.10 Å². The zero-order valence-electron chi connectivity index (χ0n) is 8.46. The van der Waals surface area contributed by atoms with Crippen LogP contribution in [0.25, 0.3) is 5.69 Å². The Balaban J connectivity index is 2.61. The van der Waals surface area contributed by atoms with Crippen molar-refractivity contribution >= 4 is 23.4 Å². The third kappa shape index (κ3) is 1.90. The lowest BCUT2D eigenvalue weighted by atomic mass is 10.3. The molecular weight excluding hydrogens is 246 g/mol. The lowest BCUT2D eigenvalue weighted by Crippen LogP contribution is -2.05. The lowest BCUT2D eigenvalue weighted by molar-refractivity contribution is 0.0698. The highest BCUT2D eigenvalue weighted by molar-refractivity contribution is 6.30. The molecule has 88 valence electrons. The van der Waals surface area contributed by atoms with E-state index in [1.54, 1.807) is 0 Å². The van der Waals surface area contributed by atoms with Gasteiger partial charge in [-0.05, 0) is 18.2 Å². The van der Waals surface area contributed by atoms with Gasteiger partial charge >= 0.3 is 5.97 Å². The number of phenolic OH excluding ortho intramolecular Hbond substituents is 1. The molecule has 7 heteroatoms. The Hall–Kier alpha value is -2.21. The van der Waals surface area contributed by atoms with Gasteiger partial charge in [0.15, 0.2) is 0 Å². The van der Waals surface area contributed by atoms with Crippen molar-refractivity contribution in [3.63, 3.8) is 0 Å². The average Bonchev–Trinajstić information content (AvgIpc) is 2.64. The quantitative estimate of drug-likeness (QED) is 0.753. The Morgan fingerprint density at radius 1 is 1.47 bits per heavy atom. The first-order valence-electron chi connectivity index (χ1n) is 4.56. The minimum absolute atomic E-state index is 0.0740. The molecule has 0 saturated carbocycles. The smallest absolute Gasteiger partial charge is 0.341 e. The maximum atomic E-state index is 10.8. The van der Waals surface area contributed by atoms with Crippen LogP contribution in [0.2, 0.25) is 5.02 Å². The predicted molar refractivity (Wildman–Crippen MR) is 61.6 cm³/mol. The first-order chi connectivity index (χ1) is 8.00. The molecule has 0 bridgehead atoms. The molecule has 0 amide bonds. The summed E-state index contributed by atoms with van der Waals surface area (Å²) in [6, 6.07) is 4.31. The molecule has 0 aliphatic heterocycles. The van der Waals surface area contributed by atoms with Gasteiger partial charge in [0.05, 0.1) is 6.20 Å². The first-order valence-corrected chi connectivity index (χ1v) is 4.94. The van der Waals surface area contributed by atoms with E-state index in [-0.39, 0.29) is 22.8 Å².